The first-order chi connectivity index (χ1) is 22.6. The number of anilines is 1. The molecule has 0 bridgehead atoms. The van der Waals surface area contributed by atoms with Crippen molar-refractivity contribution in [2.75, 3.05) is 24.6 Å². The van der Waals surface area contributed by atoms with Crippen LogP contribution in [0.4, 0.5) is 5.69 Å². The average molecular weight is 655 g/mol. The highest BCUT2D eigenvalue weighted by Gasteiger charge is 2.65. The number of ether oxygens (including phenoxy) is 4. The van der Waals surface area contributed by atoms with Gasteiger partial charge in [-0.05, 0) is 40.5 Å². The van der Waals surface area contributed by atoms with E-state index in [0.717, 1.165) is 45.6 Å². The molecule has 0 aliphatic carbocycles. The van der Waals surface area contributed by atoms with Gasteiger partial charge in [0, 0.05) is 25.1 Å². The second kappa shape index (κ2) is 14.2. The molecule has 4 atom stereocenters. The molecular formula is C38H39ClN2O4S. The lowest BCUT2D eigenvalue weighted by Gasteiger charge is -2.30. The molecule has 2 aliphatic rings. The molecule has 46 heavy (non-hydrogen) atoms. The van der Waals surface area contributed by atoms with E-state index in [1.807, 2.05) is 60.7 Å². The second-order valence-electron chi connectivity index (χ2n) is 12.1. The summed E-state index contributed by atoms with van der Waals surface area (Å²) in [5, 5.41) is 2.72. The fourth-order valence-electron chi connectivity index (χ4n) is 6.45. The van der Waals surface area contributed by atoms with E-state index in [9.17, 15) is 0 Å². The smallest absolute Gasteiger partial charge is 0.225 e. The molecule has 4 heterocycles. The predicted molar refractivity (Wildman–Crippen MR) is 184 cm³/mol. The second-order valence-corrected chi connectivity index (χ2v) is 13.4. The third kappa shape index (κ3) is 6.86. The van der Waals surface area contributed by atoms with Crippen molar-refractivity contribution in [3.8, 4) is 0 Å². The van der Waals surface area contributed by atoms with Gasteiger partial charge in [0.1, 0.15) is 17.4 Å². The average Bonchev–Trinajstić information content (AvgIpc) is 3.39. The van der Waals surface area contributed by atoms with Crippen molar-refractivity contribution >= 4 is 38.8 Å². The van der Waals surface area contributed by atoms with Crippen LogP contribution in [0.2, 0.25) is 5.15 Å². The zero-order valence-electron chi connectivity index (χ0n) is 26.0. The molecule has 0 radical (unpaired) electrons. The molecule has 238 valence electrons. The molecule has 7 rings (SSSR count). The minimum absolute atomic E-state index is 0.121. The third-order valence-corrected chi connectivity index (χ3v) is 10.2. The maximum absolute atomic E-state index is 6.86. The van der Waals surface area contributed by atoms with E-state index in [2.05, 4.69) is 53.6 Å². The van der Waals surface area contributed by atoms with Crippen LogP contribution in [0.1, 0.15) is 47.9 Å². The first-order valence-electron chi connectivity index (χ1n) is 16.1. The lowest BCUT2D eigenvalue weighted by molar-refractivity contribution is -0.160. The molecule has 6 nitrogen and oxygen atoms in total. The Labute approximate surface area is 279 Å². The highest BCUT2D eigenvalue weighted by molar-refractivity contribution is 7.18. The fraction of sp³-hybridized carbons (Fsp3) is 0.342. The lowest BCUT2D eigenvalue weighted by Crippen LogP contribution is -2.42. The molecule has 0 N–H and O–H groups in total. The van der Waals surface area contributed by atoms with Gasteiger partial charge in [-0.25, -0.2) is 4.98 Å². The van der Waals surface area contributed by atoms with Crippen LogP contribution in [0.3, 0.4) is 0 Å². The lowest BCUT2D eigenvalue weighted by atomic mass is 9.91. The van der Waals surface area contributed by atoms with Gasteiger partial charge in [-0.3, -0.25) is 0 Å². The largest absolute Gasteiger partial charge is 0.374 e. The van der Waals surface area contributed by atoms with E-state index < -0.39 is 11.9 Å². The Morgan fingerprint density at radius 1 is 0.891 bits per heavy atom. The van der Waals surface area contributed by atoms with E-state index in [1.165, 1.54) is 18.5 Å². The number of aromatic nitrogens is 1. The number of nitrogens with zero attached hydrogens (tertiary/aromatic N) is 2. The molecule has 8 heteroatoms. The van der Waals surface area contributed by atoms with Crippen LogP contribution in [0, 0.1) is 0 Å². The molecule has 0 unspecified atom stereocenters. The van der Waals surface area contributed by atoms with Crippen LogP contribution in [-0.2, 0) is 38.8 Å². The van der Waals surface area contributed by atoms with Gasteiger partial charge in [-0.2, -0.15) is 0 Å². The summed E-state index contributed by atoms with van der Waals surface area (Å²) in [4.78, 5) is 7.30. The first kappa shape index (κ1) is 31.3. The first-order valence-corrected chi connectivity index (χ1v) is 17.3. The predicted octanol–water partition coefficient (Wildman–Crippen LogP) is 8.77. The Morgan fingerprint density at radius 2 is 1.50 bits per heavy atom. The van der Waals surface area contributed by atoms with Crippen molar-refractivity contribution in [1.82, 2.24) is 4.98 Å². The van der Waals surface area contributed by atoms with E-state index >= 15 is 0 Å². The van der Waals surface area contributed by atoms with Crippen molar-refractivity contribution in [2.45, 2.75) is 63.5 Å². The number of benzene rings is 3. The summed E-state index contributed by atoms with van der Waals surface area (Å²) >= 11 is 8.40. The monoisotopic (exact) mass is 654 g/mol. The molecule has 2 aromatic heterocycles. The highest BCUT2D eigenvalue weighted by Crippen LogP contribution is 2.50. The Bertz CT molecular complexity index is 1710. The van der Waals surface area contributed by atoms with E-state index in [1.54, 1.807) is 11.3 Å². The topological polar surface area (TPSA) is 56.4 Å². The molecule has 0 amide bonds. The van der Waals surface area contributed by atoms with Gasteiger partial charge in [0.2, 0.25) is 5.79 Å². The fourth-order valence-corrected chi connectivity index (χ4v) is 7.80. The molecule has 0 spiro atoms. The molecule has 2 fully saturated rings. The quantitative estimate of drug-likeness (QED) is 0.0881. The third-order valence-electron chi connectivity index (χ3n) is 8.97. The van der Waals surface area contributed by atoms with E-state index in [0.29, 0.717) is 31.6 Å². The highest BCUT2D eigenvalue weighted by atomic mass is 35.5. The number of thiophene rings is 1. The number of fused-ring (bicyclic) bond motifs is 1. The number of rotatable bonds is 14. The van der Waals surface area contributed by atoms with Gasteiger partial charge in [-0.15, -0.1) is 11.3 Å². The minimum atomic E-state index is -1.01. The number of hydrogen-bond donors (Lipinski definition) is 0. The standard InChI is InChI=1S/C38H39ClN2O4S/c1-27(31-26-46-36-32(41-19-11-12-20-41)21-34(39)40-35(31)36)37(43-23-29-15-7-3-8-16-29)38(44-24-30-17-9-4-10-18-30)33(45-38)25-42-22-28-13-5-2-6-14-28/h2-10,13-18,21,26-27,33,37H,11-12,19-20,22-25H2,1H3/t27-,33+,37-,38-/m0/s1. The zero-order chi connectivity index (χ0) is 31.3. The molecule has 0 saturated carbocycles. The van der Waals surface area contributed by atoms with Crippen molar-refractivity contribution < 1.29 is 18.9 Å². The van der Waals surface area contributed by atoms with Gasteiger partial charge in [0.25, 0.3) is 0 Å². The summed E-state index contributed by atoms with van der Waals surface area (Å²) in [5.41, 5.74) is 6.45. The SMILES string of the molecule is C[C@@H](c1csc2c(N3CCCC3)cc(Cl)nc12)[C@H](OCc1ccccc1)[C@@]1(OCc2ccccc2)O[C@@H]1COCc1ccccc1. The van der Waals surface area contributed by atoms with Crippen molar-refractivity contribution in [3.63, 3.8) is 0 Å². The van der Waals surface area contributed by atoms with Gasteiger partial charge in [-0.1, -0.05) is 110 Å². The molecule has 2 aliphatic heterocycles. The van der Waals surface area contributed by atoms with Crippen LogP contribution < -0.4 is 4.90 Å². The molecule has 5 aromatic rings. The Hall–Kier alpha value is -3.30. The Morgan fingerprint density at radius 3 is 2.15 bits per heavy atom. The number of halogens is 1. The Kier molecular flexibility index (Phi) is 9.68. The van der Waals surface area contributed by atoms with Gasteiger partial charge < -0.3 is 23.8 Å². The number of hydrogen-bond acceptors (Lipinski definition) is 7. The Balaban J connectivity index is 1.21. The maximum Gasteiger partial charge on any atom is 0.225 e. The number of pyridine rings is 1. The normalized spacial score (nSPS) is 20.7. The van der Waals surface area contributed by atoms with Crippen molar-refractivity contribution in [1.29, 1.82) is 0 Å². The van der Waals surface area contributed by atoms with Gasteiger partial charge in [0.15, 0.2) is 0 Å². The summed E-state index contributed by atoms with van der Waals surface area (Å²) in [6.07, 6.45) is 1.63. The molecule has 3 aromatic carbocycles. The van der Waals surface area contributed by atoms with Crippen LogP contribution in [0.15, 0.2) is 102 Å². The summed E-state index contributed by atoms with van der Waals surface area (Å²) in [7, 11) is 0. The maximum atomic E-state index is 6.86. The number of epoxide rings is 1. The summed E-state index contributed by atoms with van der Waals surface area (Å²) in [6, 6.07) is 32.6. The van der Waals surface area contributed by atoms with Gasteiger partial charge >= 0.3 is 0 Å². The van der Waals surface area contributed by atoms with Crippen LogP contribution in [0.5, 0.6) is 0 Å². The van der Waals surface area contributed by atoms with Crippen LogP contribution in [0.25, 0.3) is 10.2 Å². The molecule has 2 saturated heterocycles. The summed E-state index contributed by atoms with van der Waals surface area (Å²) < 4.78 is 27.5. The van der Waals surface area contributed by atoms with Crippen molar-refractivity contribution in [3.05, 3.63) is 130 Å². The van der Waals surface area contributed by atoms with Crippen LogP contribution >= 0.6 is 22.9 Å². The molecular weight excluding hydrogens is 616 g/mol. The summed E-state index contributed by atoms with van der Waals surface area (Å²) in [6.45, 7) is 5.95. The summed E-state index contributed by atoms with van der Waals surface area (Å²) in [5.74, 6) is -1.13. The van der Waals surface area contributed by atoms with E-state index in [4.69, 9.17) is 35.5 Å². The van der Waals surface area contributed by atoms with E-state index in [-0.39, 0.29) is 12.0 Å². The van der Waals surface area contributed by atoms with Gasteiger partial charge in [0.05, 0.1) is 42.3 Å². The zero-order valence-corrected chi connectivity index (χ0v) is 27.6. The minimum Gasteiger partial charge on any atom is -0.374 e. The van der Waals surface area contributed by atoms with Crippen LogP contribution in [-0.4, -0.2) is 42.7 Å². The van der Waals surface area contributed by atoms with Crippen molar-refractivity contribution in [2.24, 2.45) is 0 Å².